The SMILES string of the molecule is COCC(=O)OCC(=O)Nc1ccc(Br)cc1F. The van der Waals surface area contributed by atoms with Crippen molar-refractivity contribution in [2.75, 3.05) is 25.6 Å². The first-order valence-electron chi connectivity index (χ1n) is 4.92. The number of anilines is 1. The first-order chi connectivity index (χ1) is 8.52. The van der Waals surface area contributed by atoms with Gasteiger partial charge in [-0.3, -0.25) is 4.79 Å². The van der Waals surface area contributed by atoms with Crippen molar-refractivity contribution in [2.45, 2.75) is 0 Å². The van der Waals surface area contributed by atoms with Gasteiger partial charge in [0.25, 0.3) is 5.91 Å². The molecule has 18 heavy (non-hydrogen) atoms. The van der Waals surface area contributed by atoms with Gasteiger partial charge in [0.1, 0.15) is 12.4 Å². The van der Waals surface area contributed by atoms with Crippen LogP contribution in [-0.4, -0.2) is 32.2 Å². The molecule has 1 rings (SSSR count). The zero-order valence-electron chi connectivity index (χ0n) is 9.54. The number of halogens is 2. The molecule has 5 nitrogen and oxygen atoms in total. The highest BCUT2D eigenvalue weighted by atomic mass is 79.9. The van der Waals surface area contributed by atoms with Crippen LogP contribution in [0.4, 0.5) is 10.1 Å². The summed E-state index contributed by atoms with van der Waals surface area (Å²) in [6, 6.07) is 4.19. The molecule has 0 saturated carbocycles. The van der Waals surface area contributed by atoms with Gasteiger partial charge in [0.2, 0.25) is 0 Å². The molecule has 1 N–H and O–H groups in total. The van der Waals surface area contributed by atoms with Crippen LogP contribution >= 0.6 is 15.9 Å². The van der Waals surface area contributed by atoms with Crippen LogP contribution in [0.15, 0.2) is 22.7 Å². The molecule has 0 aliphatic rings. The smallest absolute Gasteiger partial charge is 0.332 e. The number of ether oxygens (including phenoxy) is 2. The van der Waals surface area contributed by atoms with E-state index in [1.165, 1.54) is 19.2 Å². The third-order valence-electron chi connectivity index (χ3n) is 1.83. The summed E-state index contributed by atoms with van der Waals surface area (Å²) in [6.45, 7) is -0.725. The molecule has 0 fully saturated rings. The Morgan fingerprint density at radius 2 is 2.11 bits per heavy atom. The lowest BCUT2D eigenvalue weighted by atomic mass is 10.3. The molecule has 0 aliphatic carbocycles. The van der Waals surface area contributed by atoms with Gasteiger partial charge in [0, 0.05) is 11.6 Å². The summed E-state index contributed by atoms with van der Waals surface area (Å²) >= 11 is 3.09. The van der Waals surface area contributed by atoms with Crippen LogP contribution in [0, 0.1) is 5.82 Å². The molecular formula is C11H11BrFNO4. The minimum absolute atomic E-state index is 0.0194. The van der Waals surface area contributed by atoms with Gasteiger partial charge in [-0.25, -0.2) is 9.18 Å². The largest absolute Gasteiger partial charge is 0.454 e. The Morgan fingerprint density at radius 3 is 2.72 bits per heavy atom. The fraction of sp³-hybridized carbons (Fsp3) is 0.273. The summed E-state index contributed by atoms with van der Waals surface area (Å²) in [6.07, 6.45) is 0. The van der Waals surface area contributed by atoms with Crippen LogP contribution in [0.3, 0.4) is 0 Å². The van der Waals surface area contributed by atoms with E-state index < -0.39 is 24.3 Å². The lowest BCUT2D eigenvalue weighted by Gasteiger charge is -2.07. The number of hydrogen-bond donors (Lipinski definition) is 1. The first kappa shape index (κ1) is 14.6. The second kappa shape index (κ2) is 7.07. The van der Waals surface area contributed by atoms with Crippen molar-refractivity contribution < 1.29 is 23.5 Å². The van der Waals surface area contributed by atoms with Gasteiger partial charge < -0.3 is 14.8 Å². The predicted octanol–water partition coefficient (Wildman–Crippen LogP) is 1.72. The van der Waals surface area contributed by atoms with Crippen molar-refractivity contribution in [2.24, 2.45) is 0 Å². The molecule has 0 spiro atoms. The van der Waals surface area contributed by atoms with Crippen molar-refractivity contribution in [3.05, 3.63) is 28.5 Å². The topological polar surface area (TPSA) is 64.6 Å². The molecule has 0 saturated heterocycles. The Hall–Kier alpha value is -1.47. The molecule has 7 heteroatoms. The van der Waals surface area contributed by atoms with Crippen molar-refractivity contribution in [3.8, 4) is 0 Å². The normalized spacial score (nSPS) is 9.94. The number of rotatable bonds is 5. The van der Waals surface area contributed by atoms with Gasteiger partial charge in [0.05, 0.1) is 5.69 Å². The number of hydrogen-bond acceptors (Lipinski definition) is 4. The molecule has 1 aromatic carbocycles. The van der Waals surface area contributed by atoms with Gasteiger partial charge in [-0.2, -0.15) is 0 Å². The number of amides is 1. The maximum Gasteiger partial charge on any atom is 0.332 e. The average Bonchev–Trinajstić information content (AvgIpc) is 2.31. The maximum atomic E-state index is 13.4. The van der Waals surface area contributed by atoms with Crippen LogP contribution in [0.25, 0.3) is 0 Å². The summed E-state index contributed by atoms with van der Waals surface area (Å²) in [7, 11) is 1.33. The Labute approximate surface area is 111 Å². The Morgan fingerprint density at radius 1 is 1.39 bits per heavy atom. The van der Waals surface area contributed by atoms with E-state index >= 15 is 0 Å². The number of carbonyl (C=O) groups is 2. The Kier molecular flexibility index (Phi) is 5.73. The molecule has 1 amide bonds. The van der Waals surface area contributed by atoms with E-state index in [-0.39, 0.29) is 12.3 Å². The van der Waals surface area contributed by atoms with Crippen LogP contribution in [0.1, 0.15) is 0 Å². The molecule has 0 aromatic heterocycles. The van der Waals surface area contributed by atoms with Crippen LogP contribution < -0.4 is 5.32 Å². The van der Waals surface area contributed by atoms with Gasteiger partial charge in [-0.15, -0.1) is 0 Å². The zero-order chi connectivity index (χ0) is 13.5. The molecule has 0 heterocycles. The van der Waals surface area contributed by atoms with E-state index in [1.807, 2.05) is 0 Å². The number of carbonyl (C=O) groups excluding carboxylic acids is 2. The van der Waals surface area contributed by atoms with Gasteiger partial charge in [-0.1, -0.05) is 15.9 Å². The monoisotopic (exact) mass is 319 g/mol. The average molecular weight is 320 g/mol. The van der Waals surface area contributed by atoms with Gasteiger partial charge in [0.15, 0.2) is 6.61 Å². The molecule has 0 unspecified atom stereocenters. The minimum Gasteiger partial charge on any atom is -0.454 e. The molecule has 98 valence electrons. The molecule has 0 aliphatic heterocycles. The van der Waals surface area contributed by atoms with Crippen LogP contribution in [0.2, 0.25) is 0 Å². The van der Waals surface area contributed by atoms with Crippen molar-refractivity contribution in [1.82, 2.24) is 0 Å². The summed E-state index contributed by atoms with van der Waals surface area (Å²) < 4.78 is 23.0. The third-order valence-corrected chi connectivity index (χ3v) is 2.32. The highest BCUT2D eigenvalue weighted by Gasteiger charge is 2.10. The second-order valence-electron chi connectivity index (χ2n) is 3.27. The van der Waals surface area contributed by atoms with E-state index in [4.69, 9.17) is 0 Å². The second-order valence-corrected chi connectivity index (χ2v) is 4.18. The molecule has 0 bridgehead atoms. The third kappa shape index (κ3) is 4.80. The maximum absolute atomic E-state index is 13.4. The van der Waals surface area contributed by atoms with Crippen molar-refractivity contribution in [3.63, 3.8) is 0 Å². The van der Waals surface area contributed by atoms with Crippen molar-refractivity contribution in [1.29, 1.82) is 0 Å². The number of benzene rings is 1. The molecular weight excluding hydrogens is 309 g/mol. The van der Waals surface area contributed by atoms with Crippen LogP contribution in [-0.2, 0) is 19.1 Å². The Bertz CT molecular complexity index is 453. The van der Waals surface area contributed by atoms with E-state index in [0.717, 1.165) is 0 Å². The quantitative estimate of drug-likeness (QED) is 0.839. The number of nitrogens with one attached hydrogen (secondary N) is 1. The minimum atomic E-state index is -0.663. The van der Waals surface area contributed by atoms with E-state index in [1.54, 1.807) is 6.07 Å². The van der Waals surface area contributed by atoms with E-state index in [2.05, 4.69) is 30.7 Å². The lowest BCUT2D eigenvalue weighted by Crippen LogP contribution is -2.23. The molecule has 1 aromatic rings. The molecule has 0 radical (unpaired) electrons. The fourth-order valence-electron chi connectivity index (χ4n) is 1.08. The summed E-state index contributed by atoms with van der Waals surface area (Å²) in [4.78, 5) is 22.3. The van der Waals surface area contributed by atoms with E-state index in [0.29, 0.717) is 4.47 Å². The summed E-state index contributed by atoms with van der Waals surface area (Å²) in [5, 5.41) is 2.28. The number of esters is 1. The highest BCUT2D eigenvalue weighted by Crippen LogP contribution is 2.19. The van der Waals surface area contributed by atoms with Crippen LogP contribution in [0.5, 0.6) is 0 Å². The Balaban J connectivity index is 2.47. The molecule has 0 atom stereocenters. The van der Waals surface area contributed by atoms with Gasteiger partial charge >= 0.3 is 5.97 Å². The van der Waals surface area contributed by atoms with Gasteiger partial charge in [-0.05, 0) is 18.2 Å². The predicted molar refractivity (Wildman–Crippen MR) is 65.6 cm³/mol. The highest BCUT2D eigenvalue weighted by molar-refractivity contribution is 9.10. The lowest BCUT2D eigenvalue weighted by molar-refractivity contribution is -0.150. The van der Waals surface area contributed by atoms with Crippen molar-refractivity contribution >= 4 is 33.5 Å². The van der Waals surface area contributed by atoms with E-state index in [9.17, 15) is 14.0 Å². The fourth-order valence-corrected chi connectivity index (χ4v) is 1.42. The first-order valence-corrected chi connectivity index (χ1v) is 5.71. The standard InChI is InChI=1S/C11H11BrFNO4/c1-17-6-11(16)18-5-10(15)14-9-3-2-7(12)4-8(9)13/h2-4H,5-6H2,1H3,(H,14,15). The summed E-state index contributed by atoms with van der Waals surface area (Å²) in [5.41, 5.74) is 0.0194. The summed E-state index contributed by atoms with van der Waals surface area (Å²) in [5.74, 6) is -1.87. The number of methoxy groups -OCH3 is 1. The zero-order valence-corrected chi connectivity index (χ0v) is 11.1.